The Labute approximate surface area is 102 Å². The number of carbonyl (C=O) groups excluding carboxylic acids is 1. The van der Waals surface area contributed by atoms with Crippen molar-refractivity contribution >= 4 is 11.9 Å². The van der Waals surface area contributed by atoms with E-state index in [1.807, 2.05) is 20.8 Å². The van der Waals surface area contributed by atoms with E-state index < -0.39 is 6.04 Å². The van der Waals surface area contributed by atoms with Crippen LogP contribution in [0.15, 0.2) is 12.4 Å². The Morgan fingerprint density at radius 3 is 2.47 bits per heavy atom. The Morgan fingerprint density at radius 1 is 1.41 bits per heavy atom. The summed E-state index contributed by atoms with van der Waals surface area (Å²) in [6.45, 7) is 6.01. The minimum Gasteiger partial charge on any atom is -0.467 e. The first-order valence-corrected chi connectivity index (χ1v) is 5.66. The molecule has 1 aromatic rings. The fraction of sp³-hybridized carbons (Fsp3) is 0.583. The molecule has 0 aliphatic carbocycles. The van der Waals surface area contributed by atoms with Crippen LogP contribution in [0, 0.1) is 12.8 Å². The molecule has 0 saturated carbocycles. The normalized spacial score (nSPS) is 12.3. The van der Waals surface area contributed by atoms with E-state index in [0.29, 0.717) is 18.3 Å². The summed E-state index contributed by atoms with van der Waals surface area (Å²) in [5.41, 5.74) is 0.981. The average molecular weight is 237 g/mol. The van der Waals surface area contributed by atoms with Gasteiger partial charge in [0.05, 0.1) is 7.11 Å². The Kier molecular flexibility index (Phi) is 4.87. The molecule has 94 valence electrons. The summed E-state index contributed by atoms with van der Waals surface area (Å²) in [6, 6.07) is -0.400. The number of rotatable bonds is 5. The fourth-order valence-corrected chi connectivity index (χ4v) is 1.45. The van der Waals surface area contributed by atoms with E-state index in [-0.39, 0.29) is 5.97 Å². The molecule has 0 spiro atoms. The van der Waals surface area contributed by atoms with E-state index in [2.05, 4.69) is 15.3 Å². The molecular formula is C12H19N3O2. The van der Waals surface area contributed by atoms with E-state index in [1.165, 1.54) is 7.11 Å². The van der Waals surface area contributed by atoms with Crippen LogP contribution < -0.4 is 5.32 Å². The van der Waals surface area contributed by atoms with E-state index in [0.717, 1.165) is 5.56 Å². The molecule has 1 unspecified atom stereocenters. The Bertz CT molecular complexity index is 363. The maximum atomic E-state index is 11.6. The number of aromatic nitrogens is 2. The number of hydrogen-bond donors (Lipinski definition) is 1. The van der Waals surface area contributed by atoms with Gasteiger partial charge in [0.25, 0.3) is 0 Å². The van der Waals surface area contributed by atoms with Crippen LogP contribution in [0.1, 0.15) is 25.8 Å². The molecule has 0 fully saturated rings. The molecular weight excluding hydrogens is 218 g/mol. The summed E-state index contributed by atoms with van der Waals surface area (Å²) in [4.78, 5) is 19.8. The minimum absolute atomic E-state index is 0.289. The van der Waals surface area contributed by atoms with Crippen LogP contribution in [0.3, 0.4) is 0 Å². The van der Waals surface area contributed by atoms with Gasteiger partial charge in [0.1, 0.15) is 6.04 Å². The predicted octanol–water partition coefficient (Wildman–Crippen LogP) is 1.78. The predicted molar refractivity (Wildman–Crippen MR) is 65.7 cm³/mol. The van der Waals surface area contributed by atoms with Gasteiger partial charge < -0.3 is 10.1 Å². The number of carbonyl (C=O) groups is 1. The van der Waals surface area contributed by atoms with Crippen molar-refractivity contribution in [3.8, 4) is 0 Å². The van der Waals surface area contributed by atoms with Gasteiger partial charge in [-0.3, -0.25) is 0 Å². The van der Waals surface area contributed by atoms with Gasteiger partial charge >= 0.3 is 5.97 Å². The molecule has 0 aromatic carbocycles. The number of anilines is 1. The van der Waals surface area contributed by atoms with E-state index in [4.69, 9.17) is 4.74 Å². The van der Waals surface area contributed by atoms with Crippen molar-refractivity contribution in [1.29, 1.82) is 0 Å². The van der Waals surface area contributed by atoms with Gasteiger partial charge in [-0.1, -0.05) is 13.8 Å². The fourth-order valence-electron chi connectivity index (χ4n) is 1.45. The largest absolute Gasteiger partial charge is 0.467 e. The number of nitrogens with zero attached hydrogens (tertiary/aromatic N) is 2. The number of esters is 1. The lowest BCUT2D eigenvalue weighted by molar-refractivity contribution is -0.141. The highest BCUT2D eigenvalue weighted by atomic mass is 16.5. The van der Waals surface area contributed by atoms with Crippen molar-refractivity contribution < 1.29 is 9.53 Å². The van der Waals surface area contributed by atoms with Crippen molar-refractivity contribution in [3.05, 3.63) is 18.0 Å². The Balaban J connectivity index is 2.71. The molecule has 1 heterocycles. The quantitative estimate of drug-likeness (QED) is 0.791. The molecule has 1 atom stereocenters. The van der Waals surface area contributed by atoms with Crippen LogP contribution >= 0.6 is 0 Å². The number of ether oxygens (including phenoxy) is 1. The lowest BCUT2D eigenvalue weighted by atomic mass is 10.0. The van der Waals surface area contributed by atoms with Gasteiger partial charge in [-0.25, -0.2) is 14.8 Å². The van der Waals surface area contributed by atoms with E-state index in [1.54, 1.807) is 12.4 Å². The lowest BCUT2D eigenvalue weighted by Gasteiger charge is -2.18. The zero-order chi connectivity index (χ0) is 12.8. The van der Waals surface area contributed by atoms with Gasteiger partial charge in [0.15, 0.2) is 0 Å². The average Bonchev–Trinajstić information content (AvgIpc) is 2.29. The zero-order valence-corrected chi connectivity index (χ0v) is 10.7. The van der Waals surface area contributed by atoms with Gasteiger partial charge in [-0.05, 0) is 24.8 Å². The first kappa shape index (κ1) is 13.4. The third-order valence-corrected chi connectivity index (χ3v) is 2.28. The smallest absolute Gasteiger partial charge is 0.328 e. The molecule has 0 amide bonds. The monoisotopic (exact) mass is 237 g/mol. The van der Waals surface area contributed by atoms with Crippen LogP contribution in [-0.2, 0) is 9.53 Å². The third-order valence-electron chi connectivity index (χ3n) is 2.28. The highest BCUT2D eigenvalue weighted by Crippen LogP contribution is 2.10. The van der Waals surface area contributed by atoms with Gasteiger partial charge in [-0.15, -0.1) is 0 Å². The lowest BCUT2D eigenvalue weighted by Crippen LogP contribution is -2.32. The highest BCUT2D eigenvalue weighted by Gasteiger charge is 2.20. The van der Waals surface area contributed by atoms with Crippen LogP contribution in [0.25, 0.3) is 0 Å². The maximum Gasteiger partial charge on any atom is 0.328 e. The van der Waals surface area contributed by atoms with Crippen LogP contribution in [-0.4, -0.2) is 29.1 Å². The molecule has 0 radical (unpaired) electrons. The molecule has 1 aromatic heterocycles. The van der Waals surface area contributed by atoms with Crippen molar-refractivity contribution in [1.82, 2.24) is 9.97 Å². The Hall–Kier alpha value is -1.65. The molecule has 17 heavy (non-hydrogen) atoms. The second-order valence-corrected chi connectivity index (χ2v) is 4.43. The first-order chi connectivity index (χ1) is 8.02. The molecule has 5 heteroatoms. The standard InChI is InChI=1S/C12H19N3O2/c1-8(2)5-10(11(16)17-4)15-12-13-6-9(3)7-14-12/h6-8,10H,5H2,1-4H3,(H,13,14,15). The number of hydrogen-bond acceptors (Lipinski definition) is 5. The molecule has 5 nitrogen and oxygen atoms in total. The van der Waals surface area contributed by atoms with Gasteiger partial charge in [0, 0.05) is 12.4 Å². The molecule has 1 rings (SSSR count). The van der Waals surface area contributed by atoms with E-state index >= 15 is 0 Å². The second-order valence-electron chi connectivity index (χ2n) is 4.43. The third kappa shape index (κ3) is 4.38. The highest BCUT2D eigenvalue weighted by molar-refractivity contribution is 5.78. The number of nitrogens with one attached hydrogen (secondary N) is 1. The SMILES string of the molecule is COC(=O)C(CC(C)C)Nc1ncc(C)cn1. The molecule has 0 saturated heterocycles. The topological polar surface area (TPSA) is 64.1 Å². The van der Waals surface area contributed by atoms with Crippen molar-refractivity contribution in [2.45, 2.75) is 33.2 Å². The first-order valence-electron chi connectivity index (χ1n) is 5.66. The summed E-state index contributed by atoms with van der Waals surface area (Å²) >= 11 is 0. The minimum atomic E-state index is -0.400. The van der Waals surface area contributed by atoms with Crippen LogP contribution in [0.2, 0.25) is 0 Å². The maximum absolute atomic E-state index is 11.6. The summed E-state index contributed by atoms with van der Waals surface area (Å²) < 4.78 is 4.75. The summed E-state index contributed by atoms with van der Waals surface area (Å²) in [5, 5.41) is 2.99. The summed E-state index contributed by atoms with van der Waals surface area (Å²) in [7, 11) is 1.38. The van der Waals surface area contributed by atoms with E-state index in [9.17, 15) is 4.79 Å². The molecule has 1 N–H and O–H groups in total. The second kappa shape index (κ2) is 6.18. The Morgan fingerprint density at radius 2 is 2.00 bits per heavy atom. The van der Waals surface area contributed by atoms with Gasteiger partial charge in [-0.2, -0.15) is 0 Å². The summed E-state index contributed by atoms with van der Waals surface area (Å²) in [6.07, 6.45) is 4.10. The van der Waals surface area contributed by atoms with Crippen LogP contribution in [0.5, 0.6) is 0 Å². The summed E-state index contributed by atoms with van der Waals surface area (Å²) in [5.74, 6) is 0.548. The zero-order valence-electron chi connectivity index (χ0n) is 10.7. The molecule has 0 aliphatic heterocycles. The molecule has 0 aliphatic rings. The van der Waals surface area contributed by atoms with Crippen molar-refractivity contribution in [2.24, 2.45) is 5.92 Å². The molecule has 0 bridgehead atoms. The van der Waals surface area contributed by atoms with Crippen molar-refractivity contribution in [3.63, 3.8) is 0 Å². The van der Waals surface area contributed by atoms with Crippen molar-refractivity contribution in [2.75, 3.05) is 12.4 Å². The van der Waals surface area contributed by atoms with Gasteiger partial charge in [0.2, 0.25) is 5.95 Å². The van der Waals surface area contributed by atoms with Crippen LogP contribution in [0.4, 0.5) is 5.95 Å². The number of methoxy groups -OCH3 is 1. The number of aryl methyl sites for hydroxylation is 1.